The van der Waals surface area contributed by atoms with Crippen LogP contribution < -0.4 is 9.80 Å². The van der Waals surface area contributed by atoms with Gasteiger partial charge in [-0.15, -0.1) is 0 Å². The van der Waals surface area contributed by atoms with E-state index in [1.807, 2.05) is 0 Å². The summed E-state index contributed by atoms with van der Waals surface area (Å²) in [6.45, 7) is 0. The first-order valence-electron chi connectivity index (χ1n) is 17.9. The monoisotopic (exact) mass is 660 g/mol. The van der Waals surface area contributed by atoms with E-state index in [9.17, 15) is 0 Å². The molecule has 0 amide bonds. The van der Waals surface area contributed by atoms with Crippen molar-refractivity contribution in [1.82, 2.24) is 0 Å². The van der Waals surface area contributed by atoms with Crippen LogP contribution in [0.4, 0.5) is 34.1 Å². The Balaban J connectivity index is 1.15. The van der Waals surface area contributed by atoms with Crippen LogP contribution in [-0.2, 0) is 0 Å². The Bertz CT molecular complexity index is 2840. The molecule has 11 aromatic carbocycles. The van der Waals surface area contributed by atoms with Gasteiger partial charge in [-0.1, -0.05) is 140 Å². The third kappa shape index (κ3) is 4.31. The lowest BCUT2D eigenvalue weighted by atomic mass is 9.93. The highest BCUT2D eigenvalue weighted by Gasteiger charge is 2.22. The van der Waals surface area contributed by atoms with E-state index < -0.39 is 0 Å². The maximum Gasteiger partial charge on any atom is 0.0540 e. The molecule has 2 nitrogen and oxygen atoms in total. The van der Waals surface area contributed by atoms with E-state index in [0.29, 0.717) is 0 Å². The van der Waals surface area contributed by atoms with E-state index in [4.69, 9.17) is 0 Å². The molecule has 0 aliphatic carbocycles. The molecule has 2 heteroatoms. The molecule has 0 fully saturated rings. The van der Waals surface area contributed by atoms with E-state index >= 15 is 0 Å². The van der Waals surface area contributed by atoms with Crippen LogP contribution in [-0.4, -0.2) is 0 Å². The third-order valence-electron chi connectivity index (χ3n) is 10.9. The van der Waals surface area contributed by atoms with Gasteiger partial charge in [0.2, 0.25) is 0 Å². The summed E-state index contributed by atoms with van der Waals surface area (Å²) < 4.78 is 0. The minimum atomic E-state index is 1.09. The average Bonchev–Trinajstić information content (AvgIpc) is 3.21. The van der Waals surface area contributed by atoms with Crippen LogP contribution in [0.25, 0.3) is 64.6 Å². The number of nitrogens with zero attached hydrogens (tertiary/aromatic N) is 2. The van der Waals surface area contributed by atoms with Crippen LogP contribution in [0.15, 0.2) is 194 Å². The Hall–Kier alpha value is -6.90. The first kappa shape index (κ1) is 28.9. The Kier molecular flexibility index (Phi) is 6.28. The number of anilines is 6. The van der Waals surface area contributed by atoms with Gasteiger partial charge in [-0.05, 0) is 108 Å². The summed E-state index contributed by atoms with van der Waals surface area (Å²) in [4.78, 5) is 4.84. The number of benzene rings is 11. The van der Waals surface area contributed by atoms with Gasteiger partial charge in [0, 0.05) is 33.5 Å². The third-order valence-corrected chi connectivity index (χ3v) is 10.9. The second-order valence-electron chi connectivity index (χ2n) is 13.7. The molecule has 0 saturated heterocycles. The molecule has 0 unspecified atom stereocenters. The van der Waals surface area contributed by atoms with Crippen LogP contribution in [0.3, 0.4) is 0 Å². The zero-order chi connectivity index (χ0) is 34.2. The number of rotatable bonds is 6. The molecule has 0 radical (unpaired) electrons. The normalized spacial score (nSPS) is 11.8. The van der Waals surface area contributed by atoms with Gasteiger partial charge in [-0.2, -0.15) is 0 Å². The molecule has 0 bridgehead atoms. The van der Waals surface area contributed by atoms with E-state index in [1.165, 1.54) is 64.6 Å². The zero-order valence-corrected chi connectivity index (χ0v) is 28.4. The fourth-order valence-corrected chi connectivity index (χ4v) is 8.61. The summed E-state index contributed by atoms with van der Waals surface area (Å²) in [6, 6.07) is 71.1. The van der Waals surface area contributed by atoms with Gasteiger partial charge in [-0.3, -0.25) is 0 Å². The highest BCUT2D eigenvalue weighted by atomic mass is 15.2. The van der Waals surface area contributed by atoms with Gasteiger partial charge in [-0.25, -0.2) is 0 Å². The van der Waals surface area contributed by atoms with Crippen molar-refractivity contribution < 1.29 is 0 Å². The van der Waals surface area contributed by atoms with Gasteiger partial charge >= 0.3 is 0 Å². The fraction of sp³-hybridized carbons (Fsp3) is 0. The van der Waals surface area contributed by atoms with E-state index in [2.05, 4.69) is 204 Å². The first-order valence-corrected chi connectivity index (χ1v) is 17.9. The molecule has 0 aliphatic heterocycles. The van der Waals surface area contributed by atoms with Crippen molar-refractivity contribution in [1.29, 1.82) is 0 Å². The van der Waals surface area contributed by atoms with Crippen molar-refractivity contribution >= 4 is 98.8 Å². The van der Waals surface area contributed by atoms with Crippen molar-refractivity contribution in [3.63, 3.8) is 0 Å². The SMILES string of the molecule is c1ccc(N(c2cccc(N(c3ccccc3)c3ccc4ccc5cccc6ccc3c4c56)c2)c2ccc3ccc4cccc5ccc2c3c45)cc1. The predicted octanol–water partition coefficient (Wildman–Crippen LogP) is 14.4. The molecule has 0 aromatic heterocycles. The van der Waals surface area contributed by atoms with Crippen molar-refractivity contribution in [3.8, 4) is 0 Å². The molecular formula is C50H32N2. The Labute approximate surface area is 301 Å². The molecule has 52 heavy (non-hydrogen) atoms. The Morgan fingerprint density at radius 1 is 0.231 bits per heavy atom. The number of para-hydroxylation sites is 2. The van der Waals surface area contributed by atoms with Crippen molar-refractivity contribution in [2.75, 3.05) is 9.80 Å². The summed E-state index contributed by atoms with van der Waals surface area (Å²) in [5.41, 5.74) is 6.73. The minimum Gasteiger partial charge on any atom is -0.310 e. The lowest BCUT2D eigenvalue weighted by Gasteiger charge is -2.31. The fourth-order valence-electron chi connectivity index (χ4n) is 8.61. The average molecular weight is 661 g/mol. The van der Waals surface area contributed by atoms with Crippen molar-refractivity contribution in [2.45, 2.75) is 0 Å². The lowest BCUT2D eigenvalue weighted by Crippen LogP contribution is -2.13. The highest BCUT2D eigenvalue weighted by molar-refractivity contribution is 6.27. The van der Waals surface area contributed by atoms with Crippen molar-refractivity contribution in [2.24, 2.45) is 0 Å². The molecule has 11 rings (SSSR count). The van der Waals surface area contributed by atoms with E-state index in [-0.39, 0.29) is 0 Å². The van der Waals surface area contributed by atoms with Gasteiger partial charge in [0.05, 0.1) is 11.4 Å². The summed E-state index contributed by atoms with van der Waals surface area (Å²) in [6.07, 6.45) is 0. The lowest BCUT2D eigenvalue weighted by molar-refractivity contribution is 1.26. The molecule has 0 aliphatic rings. The molecule has 0 spiro atoms. The predicted molar refractivity (Wildman–Crippen MR) is 223 cm³/mol. The maximum absolute atomic E-state index is 2.42. The van der Waals surface area contributed by atoms with Crippen LogP contribution in [0, 0.1) is 0 Å². The minimum absolute atomic E-state index is 1.09. The number of hydrogen-bond acceptors (Lipinski definition) is 2. The topological polar surface area (TPSA) is 6.48 Å². The summed E-state index contributed by atoms with van der Waals surface area (Å²) in [7, 11) is 0. The molecule has 242 valence electrons. The van der Waals surface area contributed by atoms with Gasteiger partial charge in [0.15, 0.2) is 0 Å². The molecule has 11 aromatic rings. The summed E-state index contributed by atoms with van der Waals surface area (Å²) in [5.74, 6) is 0. The second-order valence-corrected chi connectivity index (χ2v) is 13.7. The highest BCUT2D eigenvalue weighted by Crippen LogP contribution is 2.47. The van der Waals surface area contributed by atoms with Crippen LogP contribution in [0.5, 0.6) is 0 Å². The van der Waals surface area contributed by atoms with Gasteiger partial charge in [0.25, 0.3) is 0 Å². The van der Waals surface area contributed by atoms with Crippen LogP contribution in [0.1, 0.15) is 0 Å². The Morgan fingerprint density at radius 2 is 0.558 bits per heavy atom. The molecular weight excluding hydrogens is 629 g/mol. The van der Waals surface area contributed by atoms with Crippen LogP contribution in [0.2, 0.25) is 0 Å². The van der Waals surface area contributed by atoms with Gasteiger partial charge < -0.3 is 9.80 Å². The van der Waals surface area contributed by atoms with E-state index in [1.54, 1.807) is 0 Å². The van der Waals surface area contributed by atoms with Gasteiger partial charge in [0.1, 0.15) is 0 Å². The number of hydrogen-bond donors (Lipinski definition) is 0. The first-order chi connectivity index (χ1) is 25.8. The quantitative estimate of drug-likeness (QED) is 0.164. The molecule has 0 atom stereocenters. The zero-order valence-electron chi connectivity index (χ0n) is 28.4. The molecule has 0 N–H and O–H groups in total. The largest absolute Gasteiger partial charge is 0.310 e. The maximum atomic E-state index is 2.42. The standard InChI is InChI=1S/C50H32N2/c1-3-14-39(15-4-1)51(45-30-26-37-22-20-33-10-7-12-35-24-28-43(45)49(37)47(33)35)41-18-9-19-42(32-41)52(40-16-5-2-6-17-40)46-31-27-38-23-21-34-11-8-13-36-25-29-44(46)50(38)48(34)36/h1-32H. The molecule has 0 heterocycles. The van der Waals surface area contributed by atoms with E-state index in [0.717, 1.165) is 34.1 Å². The second kappa shape index (κ2) is 11.3. The summed E-state index contributed by atoms with van der Waals surface area (Å²) >= 11 is 0. The smallest absolute Gasteiger partial charge is 0.0540 e. The summed E-state index contributed by atoms with van der Waals surface area (Å²) in [5, 5.41) is 15.3. The molecule has 0 saturated carbocycles. The van der Waals surface area contributed by atoms with Crippen molar-refractivity contribution in [3.05, 3.63) is 194 Å². The van der Waals surface area contributed by atoms with Crippen LogP contribution >= 0.6 is 0 Å². The Morgan fingerprint density at radius 3 is 0.981 bits per heavy atom.